The molecule has 0 fully saturated rings. The Bertz CT molecular complexity index is 504. The van der Waals surface area contributed by atoms with Crippen LogP contribution in [0.15, 0.2) is 41.3 Å². The molecule has 0 aliphatic carbocycles. The van der Waals surface area contributed by atoms with Gasteiger partial charge in [-0.05, 0) is 41.1 Å². The van der Waals surface area contributed by atoms with Gasteiger partial charge in [-0.25, -0.2) is 0 Å². The molecule has 1 atom stereocenters. The average Bonchev–Trinajstić information content (AvgIpc) is 2.34. The van der Waals surface area contributed by atoms with Crippen LogP contribution in [0.25, 0.3) is 0 Å². The van der Waals surface area contributed by atoms with Crippen molar-refractivity contribution in [2.45, 2.75) is 13.0 Å². The van der Waals surface area contributed by atoms with Gasteiger partial charge in [0.25, 0.3) is 0 Å². The Morgan fingerprint density at radius 3 is 2.82 bits per heavy atom. The number of hydrogen-bond donors (Lipinski definition) is 1. The maximum absolute atomic E-state index is 5.89. The normalized spacial score (nSPS) is 12.2. The topological polar surface area (TPSA) is 37.8 Å². The number of halogens is 2. The molecular weight excluding hydrogens is 302 g/mol. The molecule has 0 radical (unpaired) electrons. The molecule has 1 N–H and O–H groups in total. The summed E-state index contributed by atoms with van der Waals surface area (Å²) in [5.41, 5.74) is 1.88. The molecule has 1 aromatic heterocycles. The SMILES string of the molecule is CC(Nc1ccc(Cl)cc1Br)c1cnccn1. The number of hydrogen-bond acceptors (Lipinski definition) is 3. The van der Waals surface area contributed by atoms with Crippen LogP contribution in [0.4, 0.5) is 5.69 Å². The minimum Gasteiger partial charge on any atom is -0.376 e. The molecule has 88 valence electrons. The number of rotatable bonds is 3. The van der Waals surface area contributed by atoms with Crippen LogP contribution in [-0.4, -0.2) is 9.97 Å². The molecule has 3 nitrogen and oxygen atoms in total. The van der Waals surface area contributed by atoms with Crippen molar-refractivity contribution in [2.75, 3.05) is 5.32 Å². The molecule has 0 spiro atoms. The Labute approximate surface area is 113 Å². The van der Waals surface area contributed by atoms with Crippen LogP contribution in [0.2, 0.25) is 5.02 Å². The molecular formula is C12H11BrClN3. The molecule has 0 aliphatic heterocycles. The first-order valence-electron chi connectivity index (χ1n) is 5.14. The monoisotopic (exact) mass is 311 g/mol. The summed E-state index contributed by atoms with van der Waals surface area (Å²) < 4.78 is 0.931. The smallest absolute Gasteiger partial charge is 0.0806 e. The van der Waals surface area contributed by atoms with Crippen LogP contribution in [-0.2, 0) is 0 Å². The second-order valence-corrected chi connectivity index (χ2v) is 4.91. The summed E-state index contributed by atoms with van der Waals surface area (Å²) >= 11 is 9.36. The van der Waals surface area contributed by atoms with Gasteiger partial charge >= 0.3 is 0 Å². The molecule has 0 bridgehead atoms. The van der Waals surface area contributed by atoms with Crippen LogP contribution >= 0.6 is 27.5 Å². The molecule has 0 amide bonds. The van der Waals surface area contributed by atoms with E-state index in [1.54, 1.807) is 18.6 Å². The zero-order chi connectivity index (χ0) is 12.3. The minimum atomic E-state index is 0.0844. The van der Waals surface area contributed by atoms with E-state index in [0.29, 0.717) is 5.02 Å². The van der Waals surface area contributed by atoms with Gasteiger partial charge in [-0.15, -0.1) is 0 Å². The molecule has 1 unspecified atom stereocenters. The van der Waals surface area contributed by atoms with E-state index in [4.69, 9.17) is 11.6 Å². The zero-order valence-electron chi connectivity index (χ0n) is 9.19. The summed E-state index contributed by atoms with van der Waals surface area (Å²) in [7, 11) is 0. The van der Waals surface area contributed by atoms with Gasteiger partial charge < -0.3 is 5.32 Å². The van der Waals surface area contributed by atoms with E-state index in [2.05, 4.69) is 31.2 Å². The maximum atomic E-state index is 5.89. The number of nitrogens with zero attached hydrogens (tertiary/aromatic N) is 2. The van der Waals surface area contributed by atoms with E-state index in [0.717, 1.165) is 15.9 Å². The third-order valence-electron chi connectivity index (χ3n) is 2.33. The second kappa shape index (κ2) is 5.47. The average molecular weight is 313 g/mol. The largest absolute Gasteiger partial charge is 0.376 e. The van der Waals surface area contributed by atoms with Crippen LogP contribution < -0.4 is 5.32 Å². The van der Waals surface area contributed by atoms with Crippen molar-refractivity contribution in [1.29, 1.82) is 0 Å². The molecule has 1 heterocycles. The number of aromatic nitrogens is 2. The Hall–Kier alpha value is -1.13. The zero-order valence-corrected chi connectivity index (χ0v) is 11.5. The molecule has 0 saturated heterocycles. The third kappa shape index (κ3) is 3.17. The van der Waals surface area contributed by atoms with E-state index >= 15 is 0 Å². The predicted octanol–water partition coefficient (Wildman–Crippen LogP) is 4.07. The van der Waals surface area contributed by atoms with Crippen molar-refractivity contribution in [3.05, 3.63) is 52.0 Å². The fourth-order valence-electron chi connectivity index (χ4n) is 1.45. The van der Waals surface area contributed by atoms with Gasteiger partial charge in [0.2, 0.25) is 0 Å². The third-order valence-corrected chi connectivity index (χ3v) is 3.22. The van der Waals surface area contributed by atoms with Crippen LogP contribution in [0.3, 0.4) is 0 Å². The molecule has 5 heteroatoms. The highest BCUT2D eigenvalue weighted by molar-refractivity contribution is 9.10. The molecule has 1 aromatic carbocycles. The Morgan fingerprint density at radius 1 is 1.35 bits per heavy atom. The Balaban J connectivity index is 2.16. The molecule has 17 heavy (non-hydrogen) atoms. The van der Waals surface area contributed by atoms with Crippen molar-refractivity contribution in [2.24, 2.45) is 0 Å². The number of nitrogens with one attached hydrogen (secondary N) is 1. The lowest BCUT2D eigenvalue weighted by Gasteiger charge is -2.15. The van der Waals surface area contributed by atoms with Crippen molar-refractivity contribution in [3.63, 3.8) is 0 Å². The maximum Gasteiger partial charge on any atom is 0.0806 e. The first-order chi connectivity index (χ1) is 8.16. The Kier molecular flexibility index (Phi) is 3.97. The highest BCUT2D eigenvalue weighted by Gasteiger charge is 2.08. The number of benzene rings is 1. The molecule has 2 aromatic rings. The fourth-order valence-corrected chi connectivity index (χ4v) is 2.25. The Morgan fingerprint density at radius 2 is 2.18 bits per heavy atom. The molecule has 0 saturated carbocycles. The van der Waals surface area contributed by atoms with Gasteiger partial charge in [0, 0.05) is 27.6 Å². The van der Waals surface area contributed by atoms with E-state index in [1.807, 2.05) is 25.1 Å². The molecule has 2 rings (SSSR count). The van der Waals surface area contributed by atoms with E-state index in [1.165, 1.54) is 0 Å². The van der Waals surface area contributed by atoms with Crippen molar-refractivity contribution >= 4 is 33.2 Å². The van der Waals surface area contributed by atoms with E-state index < -0.39 is 0 Å². The van der Waals surface area contributed by atoms with Gasteiger partial charge in [-0.2, -0.15) is 0 Å². The summed E-state index contributed by atoms with van der Waals surface area (Å²) in [6.45, 7) is 2.03. The summed E-state index contributed by atoms with van der Waals surface area (Å²) in [5, 5.41) is 4.05. The predicted molar refractivity (Wildman–Crippen MR) is 73.2 cm³/mol. The van der Waals surface area contributed by atoms with Crippen LogP contribution in [0.5, 0.6) is 0 Å². The fraction of sp³-hybridized carbons (Fsp3) is 0.167. The summed E-state index contributed by atoms with van der Waals surface area (Å²) in [5.74, 6) is 0. The van der Waals surface area contributed by atoms with E-state index in [-0.39, 0.29) is 6.04 Å². The van der Waals surface area contributed by atoms with Crippen molar-refractivity contribution in [1.82, 2.24) is 9.97 Å². The lowest BCUT2D eigenvalue weighted by molar-refractivity contribution is 0.827. The quantitative estimate of drug-likeness (QED) is 0.928. The lowest BCUT2D eigenvalue weighted by atomic mass is 10.2. The van der Waals surface area contributed by atoms with Gasteiger partial charge in [-0.1, -0.05) is 11.6 Å². The lowest BCUT2D eigenvalue weighted by Crippen LogP contribution is -2.08. The minimum absolute atomic E-state index is 0.0844. The second-order valence-electron chi connectivity index (χ2n) is 3.62. The van der Waals surface area contributed by atoms with Crippen molar-refractivity contribution < 1.29 is 0 Å². The van der Waals surface area contributed by atoms with Gasteiger partial charge in [-0.3, -0.25) is 9.97 Å². The number of anilines is 1. The summed E-state index contributed by atoms with van der Waals surface area (Å²) in [6.07, 6.45) is 5.10. The summed E-state index contributed by atoms with van der Waals surface area (Å²) in [6, 6.07) is 5.71. The van der Waals surface area contributed by atoms with Crippen LogP contribution in [0, 0.1) is 0 Å². The summed E-state index contributed by atoms with van der Waals surface area (Å²) in [4.78, 5) is 8.30. The first kappa shape index (κ1) is 12.3. The van der Waals surface area contributed by atoms with Gasteiger partial charge in [0.15, 0.2) is 0 Å². The first-order valence-corrected chi connectivity index (χ1v) is 6.31. The van der Waals surface area contributed by atoms with Crippen molar-refractivity contribution in [3.8, 4) is 0 Å². The van der Waals surface area contributed by atoms with Crippen LogP contribution in [0.1, 0.15) is 18.7 Å². The van der Waals surface area contributed by atoms with Gasteiger partial charge in [0.05, 0.1) is 17.9 Å². The highest BCUT2D eigenvalue weighted by Crippen LogP contribution is 2.28. The standard InChI is InChI=1S/C12H11BrClN3/c1-8(12-7-15-4-5-16-12)17-11-3-2-9(14)6-10(11)13/h2-8,17H,1H3. The molecule has 0 aliphatic rings. The highest BCUT2D eigenvalue weighted by atomic mass is 79.9. The van der Waals surface area contributed by atoms with E-state index in [9.17, 15) is 0 Å². The van der Waals surface area contributed by atoms with Gasteiger partial charge in [0.1, 0.15) is 0 Å².